The van der Waals surface area contributed by atoms with Crippen LogP contribution in [0.1, 0.15) is 48.0 Å². The smallest absolute Gasteiger partial charge is 0.343 e. The van der Waals surface area contributed by atoms with Gasteiger partial charge in [0, 0.05) is 11.8 Å². The molecule has 0 aliphatic rings. The van der Waals surface area contributed by atoms with Gasteiger partial charge < -0.3 is 35.2 Å². The van der Waals surface area contributed by atoms with Crippen molar-refractivity contribution in [2.24, 2.45) is 0 Å². The van der Waals surface area contributed by atoms with Crippen molar-refractivity contribution >= 4 is 29.4 Å². The second-order valence-corrected chi connectivity index (χ2v) is 9.14. The SMILES string of the molecule is COc1cc(/C=C/C(=O)OCCC#N)ccc1OC(=O)c1ccc(OCCCCCCOc2ccc(N)cc2N)cc1. The maximum absolute atomic E-state index is 12.7. The maximum atomic E-state index is 12.7. The van der Waals surface area contributed by atoms with E-state index in [1.54, 1.807) is 60.7 Å². The van der Waals surface area contributed by atoms with E-state index in [9.17, 15) is 9.59 Å². The van der Waals surface area contributed by atoms with Gasteiger partial charge in [0.25, 0.3) is 0 Å². The Balaban J connectivity index is 1.38. The lowest BCUT2D eigenvalue weighted by Crippen LogP contribution is -2.09. The molecule has 0 aromatic heterocycles. The Morgan fingerprint density at radius 1 is 0.833 bits per heavy atom. The number of nitrogens with zero attached hydrogens (tertiary/aromatic N) is 1. The minimum absolute atomic E-state index is 0.0329. The number of benzene rings is 3. The Morgan fingerprint density at radius 2 is 1.55 bits per heavy atom. The number of nitrogen functional groups attached to an aromatic ring is 2. The van der Waals surface area contributed by atoms with Crippen LogP contribution in [0, 0.1) is 11.3 Å². The number of unbranched alkanes of at least 4 members (excludes halogenated alkanes) is 3. The molecule has 0 atom stereocenters. The Labute approximate surface area is 245 Å². The molecule has 0 heterocycles. The van der Waals surface area contributed by atoms with Crippen LogP contribution in [-0.2, 0) is 9.53 Å². The van der Waals surface area contributed by atoms with Crippen LogP contribution in [0.5, 0.6) is 23.0 Å². The van der Waals surface area contributed by atoms with E-state index in [4.69, 9.17) is 40.4 Å². The molecule has 10 heteroatoms. The van der Waals surface area contributed by atoms with Crippen molar-refractivity contribution in [1.29, 1.82) is 5.26 Å². The fourth-order valence-electron chi connectivity index (χ4n) is 3.76. The maximum Gasteiger partial charge on any atom is 0.343 e. The second-order valence-electron chi connectivity index (χ2n) is 9.14. The first kappa shape index (κ1) is 31.4. The van der Waals surface area contributed by atoms with Crippen molar-refractivity contribution in [3.8, 4) is 29.1 Å². The highest BCUT2D eigenvalue weighted by atomic mass is 16.6. The average Bonchev–Trinajstić information content (AvgIpc) is 2.99. The molecule has 0 unspecified atom stereocenters. The quantitative estimate of drug-likeness (QED) is 0.0730. The van der Waals surface area contributed by atoms with Gasteiger partial charge in [-0.15, -0.1) is 0 Å². The Kier molecular flexibility index (Phi) is 12.6. The van der Waals surface area contributed by atoms with Gasteiger partial charge in [-0.25, -0.2) is 9.59 Å². The minimum Gasteiger partial charge on any atom is -0.494 e. The number of hydrogen-bond acceptors (Lipinski definition) is 10. The molecular weight excluding hydrogens is 538 g/mol. The van der Waals surface area contributed by atoms with Gasteiger partial charge in [-0.05, 0) is 91.9 Å². The van der Waals surface area contributed by atoms with Crippen molar-refractivity contribution in [1.82, 2.24) is 0 Å². The molecule has 3 aromatic carbocycles. The van der Waals surface area contributed by atoms with Crippen molar-refractivity contribution in [2.45, 2.75) is 32.1 Å². The number of carbonyl (C=O) groups excluding carboxylic acids is 2. The summed E-state index contributed by atoms with van der Waals surface area (Å²) < 4.78 is 27.2. The molecule has 0 fully saturated rings. The number of hydrogen-bond donors (Lipinski definition) is 2. The standard InChI is InChI=1S/C32H35N3O7/c1-38-30-21-23(8-16-31(36)41-20-6-17-33)7-14-29(30)42-32(37)24-9-12-26(13-10-24)39-18-4-2-3-5-19-40-28-15-11-25(34)22-27(28)35/h7-16,21-22H,2-6,18-20,34-35H2,1H3/b16-8+. The Bertz CT molecular complexity index is 1400. The predicted molar refractivity (Wildman–Crippen MR) is 159 cm³/mol. The second kappa shape index (κ2) is 16.8. The van der Waals surface area contributed by atoms with Crippen molar-refractivity contribution < 1.29 is 33.3 Å². The molecule has 0 aliphatic heterocycles. The molecule has 3 rings (SSSR count). The van der Waals surface area contributed by atoms with Gasteiger partial charge in [0.1, 0.15) is 18.1 Å². The highest BCUT2D eigenvalue weighted by molar-refractivity contribution is 5.91. The van der Waals surface area contributed by atoms with E-state index < -0.39 is 11.9 Å². The normalized spacial score (nSPS) is 10.6. The van der Waals surface area contributed by atoms with Gasteiger partial charge in [0.2, 0.25) is 0 Å². The average molecular weight is 574 g/mol. The molecule has 3 aromatic rings. The van der Waals surface area contributed by atoms with Gasteiger partial charge >= 0.3 is 11.9 Å². The molecule has 0 amide bonds. The predicted octanol–water partition coefficient (Wildman–Crippen LogP) is 5.57. The van der Waals surface area contributed by atoms with Crippen LogP contribution in [-0.4, -0.2) is 38.9 Å². The first-order valence-electron chi connectivity index (χ1n) is 13.5. The van der Waals surface area contributed by atoms with Crippen molar-refractivity contribution in [3.63, 3.8) is 0 Å². The van der Waals surface area contributed by atoms with Crippen LogP contribution in [0.4, 0.5) is 11.4 Å². The van der Waals surface area contributed by atoms with Gasteiger partial charge in [-0.2, -0.15) is 5.26 Å². The first-order chi connectivity index (χ1) is 20.4. The molecule has 220 valence electrons. The highest BCUT2D eigenvalue weighted by Gasteiger charge is 2.13. The van der Waals surface area contributed by atoms with Crippen LogP contribution >= 0.6 is 0 Å². The lowest BCUT2D eigenvalue weighted by Gasteiger charge is -2.11. The largest absolute Gasteiger partial charge is 0.494 e. The third-order valence-electron chi connectivity index (χ3n) is 5.95. The minimum atomic E-state index is -0.560. The molecule has 0 bridgehead atoms. The van der Waals surface area contributed by atoms with Gasteiger partial charge in [0.15, 0.2) is 11.5 Å². The summed E-state index contributed by atoms with van der Waals surface area (Å²) in [6.07, 6.45) is 6.70. The summed E-state index contributed by atoms with van der Waals surface area (Å²) in [6, 6.07) is 18.7. The summed E-state index contributed by atoms with van der Waals surface area (Å²) in [7, 11) is 1.45. The summed E-state index contributed by atoms with van der Waals surface area (Å²) in [4.78, 5) is 24.4. The van der Waals surface area contributed by atoms with Gasteiger partial charge in [0.05, 0.1) is 44.1 Å². The zero-order valence-corrected chi connectivity index (χ0v) is 23.5. The summed E-state index contributed by atoms with van der Waals surface area (Å²) >= 11 is 0. The summed E-state index contributed by atoms with van der Waals surface area (Å²) in [5.74, 6) is 0.758. The Morgan fingerprint density at radius 3 is 2.24 bits per heavy atom. The summed E-state index contributed by atoms with van der Waals surface area (Å²) in [5, 5.41) is 8.50. The molecule has 0 radical (unpaired) electrons. The fraction of sp³-hybridized carbons (Fsp3) is 0.281. The zero-order valence-electron chi connectivity index (χ0n) is 23.5. The van der Waals surface area contributed by atoms with E-state index in [2.05, 4.69) is 0 Å². The van der Waals surface area contributed by atoms with Crippen molar-refractivity contribution in [2.75, 3.05) is 38.4 Å². The number of esters is 2. The third-order valence-corrected chi connectivity index (χ3v) is 5.95. The number of rotatable bonds is 16. The fourth-order valence-corrected chi connectivity index (χ4v) is 3.76. The lowest BCUT2D eigenvalue weighted by molar-refractivity contribution is -0.137. The van der Waals surface area contributed by atoms with Crippen LogP contribution in [0.3, 0.4) is 0 Å². The van der Waals surface area contributed by atoms with E-state index in [-0.39, 0.29) is 18.8 Å². The van der Waals surface area contributed by atoms with E-state index in [1.165, 1.54) is 19.3 Å². The van der Waals surface area contributed by atoms with E-state index in [0.717, 1.165) is 25.7 Å². The first-order valence-corrected chi connectivity index (χ1v) is 13.5. The van der Waals surface area contributed by atoms with E-state index in [0.29, 0.717) is 53.0 Å². The molecule has 10 nitrogen and oxygen atoms in total. The topological polar surface area (TPSA) is 156 Å². The molecule has 4 N–H and O–H groups in total. The van der Waals surface area contributed by atoms with E-state index >= 15 is 0 Å². The highest BCUT2D eigenvalue weighted by Crippen LogP contribution is 2.29. The Hall–Kier alpha value is -5.17. The zero-order chi connectivity index (χ0) is 30.2. The molecule has 42 heavy (non-hydrogen) atoms. The van der Waals surface area contributed by atoms with Crippen molar-refractivity contribution in [3.05, 3.63) is 77.9 Å². The number of ether oxygens (including phenoxy) is 5. The number of nitriles is 1. The third kappa shape index (κ3) is 10.4. The molecule has 0 saturated heterocycles. The molecular formula is C32H35N3O7. The molecule has 0 aliphatic carbocycles. The van der Waals surface area contributed by atoms with Gasteiger partial charge in [-0.1, -0.05) is 6.07 Å². The number of carbonyl (C=O) groups is 2. The number of methoxy groups -OCH3 is 1. The lowest BCUT2D eigenvalue weighted by atomic mass is 10.2. The molecule has 0 spiro atoms. The van der Waals surface area contributed by atoms with E-state index in [1.807, 2.05) is 6.07 Å². The summed E-state index contributed by atoms with van der Waals surface area (Å²) in [6.45, 7) is 1.18. The number of anilines is 2. The van der Waals surface area contributed by atoms with Crippen LogP contribution in [0.15, 0.2) is 66.7 Å². The monoisotopic (exact) mass is 573 g/mol. The van der Waals surface area contributed by atoms with Crippen LogP contribution in [0.25, 0.3) is 6.08 Å². The van der Waals surface area contributed by atoms with Gasteiger partial charge in [-0.3, -0.25) is 0 Å². The summed E-state index contributed by atoms with van der Waals surface area (Å²) in [5.41, 5.74) is 13.7. The number of nitrogens with two attached hydrogens (primary N) is 2. The van der Waals surface area contributed by atoms with Crippen LogP contribution < -0.4 is 30.4 Å². The van der Waals surface area contributed by atoms with Crippen LogP contribution in [0.2, 0.25) is 0 Å². The molecule has 0 saturated carbocycles.